The lowest BCUT2D eigenvalue weighted by Crippen LogP contribution is -2.50. The Labute approximate surface area is 148 Å². The van der Waals surface area contributed by atoms with E-state index >= 15 is 0 Å². The molecule has 0 saturated carbocycles. The SMILES string of the molecule is CNCCN(C)C(=O)c1ccc(S(=O)(=O)N[C@@H]2CCCNC2=O)cc1. The molecule has 2 rings (SSSR count). The average Bonchev–Trinajstić information content (AvgIpc) is 2.61. The summed E-state index contributed by atoms with van der Waals surface area (Å²) < 4.78 is 27.2. The first-order chi connectivity index (χ1) is 11.8. The number of benzene rings is 1. The van der Waals surface area contributed by atoms with Crippen LogP contribution in [0.1, 0.15) is 23.2 Å². The van der Waals surface area contributed by atoms with E-state index in [1.807, 2.05) is 0 Å². The van der Waals surface area contributed by atoms with E-state index < -0.39 is 16.1 Å². The molecule has 0 radical (unpaired) electrons. The van der Waals surface area contributed by atoms with E-state index in [2.05, 4.69) is 15.4 Å². The molecule has 0 bridgehead atoms. The normalized spacial score (nSPS) is 17.8. The predicted octanol–water partition coefficient (Wildman–Crippen LogP) is -0.465. The molecule has 1 saturated heterocycles. The van der Waals surface area contributed by atoms with E-state index in [0.29, 0.717) is 31.6 Å². The minimum Gasteiger partial charge on any atom is -0.355 e. The van der Waals surface area contributed by atoms with Crippen LogP contribution in [0.2, 0.25) is 0 Å². The number of nitrogens with one attached hydrogen (secondary N) is 3. The molecule has 1 aromatic carbocycles. The quantitative estimate of drug-likeness (QED) is 0.603. The summed E-state index contributed by atoms with van der Waals surface area (Å²) in [6.07, 6.45) is 1.20. The van der Waals surface area contributed by atoms with Gasteiger partial charge in [-0.3, -0.25) is 9.59 Å². The first kappa shape index (κ1) is 19.4. The minimum atomic E-state index is -3.82. The van der Waals surface area contributed by atoms with Crippen molar-refractivity contribution in [3.8, 4) is 0 Å². The number of rotatable bonds is 7. The minimum absolute atomic E-state index is 0.0281. The fourth-order valence-corrected chi connectivity index (χ4v) is 3.75. The lowest BCUT2D eigenvalue weighted by Gasteiger charge is -2.22. The molecule has 9 heteroatoms. The second kappa shape index (κ2) is 8.41. The third kappa shape index (κ3) is 5.00. The van der Waals surface area contributed by atoms with Crippen molar-refractivity contribution in [2.75, 3.05) is 33.7 Å². The van der Waals surface area contributed by atoms with E-state index in [1.54, 1.807) is 19.0 Å². The average molecular weight is 368 g/mol. The molecular weight excluding hydrogens is 344 g/mol. The zero-order valence-corrected chi connectivity index (χ0v) is 15.2. The molecule has 0 aromatic heterocycles. The maximum atomic E-state index is 12.4. The number of amides is 2. The van der Waals surface area contributed by atoms with Gasteiger partial charge in [-0.25, -0.2) is 8.42 Å². The summed E-state index contributed by atoms with van der Waals surface area (Å²) in [7, 11) is -0.324. The highest BCUT2D eigenvalue weighted by atomic mass is 32.2. The van der Waals surface area contributed by atoms with Crippen molar-refractivity contribution in [1.82, 2.24) is 20.3 Å². The Morgan fingerprint density at radius 2 is 2.00 bits per heavy atom. The molecule has 0 spiro atoms. The fraction of sp³-hybridized carbons (Fsp3) is 0.500. The maximum absolute atomic E-state index is 12.4. The number of nitrogens with zero attached hydrogens (tertiary/aromatic N) is 1. The number of piperidine rings is 1. The van der Waals surface area contributed by atoms with Gasteiger partial charge < -0.3 is 15.5 Å². The smallest absolute Gasteiger partial charge is 0.253 e. The van der Waals surface area contributed by atoms with Gasteiger partial charge in [-0.05, 0) is 44.2 Å². The van der Waals surface area contributed by atoms with Gasteiger partial charge >= 0.3 is 0 Å². The van der Waals surface area contributed by atoms with E-state index in [4.69, 9.17) is 0 Å². The van der Waals surface area contributed by atoms with Crippen LogP contribution in [0.3, 0.4) is 0 Å². The largest absolute Gasteiger partial charge is 0.355 e. The van der Waals surface area contributed by atoms with Crippen LogP contribution in [0.25, 0.3) is 0 Å². The molecular formula is C16H24N4O4S. The second-order valence-corrected chi connectivity index (χ2v) is 7.68. The highest BCUT2D eigenvalue weighted by Crippen LogP contribution is 2.14. The number of carbonyl (C=O) groups is 2. The molecule has 2 amide bonds. The molecule has 0 unspecified atom stereocenters. The molecule has 0 aliphatic carbocycles. The third-order valence-corrected chi connectivity index (χ3v) is 5.53. The Bertz CT molecular complexity index is 718. The van der Waals surface area contributed by atoms with Crippen molar-refractivity contribution >= 4 is 21.8 Å². The van der Waals surface area contributed by atoms with Crippen LogP contribution in [0.15, 0.2) is 29.2 Å². The molecule has 1 fully saturated rings. The van der Waals surface area contributed by atoms with Crippen LogP contribution in [-0.4, -0.2) is 64.9 Å². The molecule has 8 nitrogen and oxygen atoms in total. The standard InChI is InChI=1S/C16H24N4O4S/c1-17-10-11-20(2)16(22)12-5-7-13(8-6-12)25(23,24)19-14-4-3-9-18-15(14)21/h5-8,14,17,19H,3-4,9-11H2,1-2H3,(H,18,21)/t14-/m1/s1. The molecule has 1 aliphatic rings. The molecule has 3 N–H and O–H groups in total. The molecule has 138 valence electrons. The van der Waals surface area contributed by atoms with Gasteiger partial charge in [-0.1, -0.05) is 0 Å². The van der Waals surface area contributed by atoms with Crippen LogP contribution in [0.5, 0.6) is 0 Å². The maximum Gasteiger partial charge on any atom is 0.253 e. The molecule has 1 heterocycles. The van der Waals surface area contributed by atoms with Crippen molar-refractivity contribution in [2.45, 2.75) is 23.8 Å². The van der Waals surface area contributed by atoms with Crippen LogP contribution in [0, 0.1) is 0 Å². The summed E-state index contributed by atoms with van der Waals surface area (Å²) >= 11 is 0. The monoisotopic (exact) mass is 368 g/mol. The van der Waals surface area contributed by atoms with Crippen LogP contribution >= 0.6 is 0 Å². The number of carbonyl (C=O) groups excluding carboxylic acids is 2. The molecule has 1 atom stereocenters. The van der Waals surface area contributed by atoms with Gasteiger partial charge in [0, 0.05) is 32.2 Å². The molecule has 1 aromatic rings. The van der Waals surface area contributed by atoms with Gasteiger partial charge in [0.1, 0.15) is 6.04 Å². The lowest BCUT2D eigenvalue weighted by molar-refractivity contribution is -0.124. The van der Waals surface area contributed by atoms with Gasteiger partial charge in [0.05, 0.1) is 4.90 Å². The Morgan fingerprint density at radius 3 is 2.60 bits per heavy atom. The Balaban J connectivity index is 2.07. The topological polar surface area (TPSA) is 108 Å². The van der Waals surface area contributed by atoms with Crippen molar-refractivity contribution in [1.29, 1.82) is 0 Å². The Kier molecular flexibility index (Phi) is 6.51. The molecule has 1 aliphatic heterocycles. The summed E-state index contributed by atoms with van der Waals surface area (Å²) in [5, 5.41) is 5.60. The highest BCUT2D eigenvalue weighted by Gasteiger charge is 2.27. The van der Waals surface area contributed by atoms with E-state index in [9.17, 15) is 18.0 Å². The van der Waals surface area contributed by atoms with Crippen LogP contribution in [0.4, 0.5) is 0 Å². The number of likely N-dealkylation sites (N-methyl/N-ethyl adjacent to an activating group) is 2. The zero-order chi connectivity index (χ0) is 18.4. The summed E-state index contributed by atoms with van der Waals surface area (Å²) in [6.45, 7) is 1.78. The summed E-state index contributed by atoms with van der Waals surface area (Å²) in [5.41, 5.74) is 0.410. The van der Waals surface area contributed by atoms with E-state index in [1.165, 1.54) is 24.3 Å². The van der Waals surface area contributed by atoms with Gasteiger partial charge in [0.2, 0.25) is 15.9 Å². The predicted molar refractivity (Wildman–Crippen MR) is 93.7 cm³/mol. The van der Waals surface area contributed by atoms with Crippen molar-refractivity contribution < 1.29 is 18.0 Å². The van der Waals surface area contributed by atoms with E-state index in [-0.39, 0.29) is 16.7 Å². The number of hydrogen-bond acceptors (Lipinski definition) is 5. The summed E-state index contributed by atoms with van der Waals surface area (Å²) in [6, 6.07) is 4.96. The Morgan fingerprint density at radius 1 is 1.32 bits per heavy atom. The zero-order valence-electron chi connectivity index (χ0n) is 14.4. The van der Waals surface area contributed by atoms with Gasteiger partial charge in [0.25, 0.3) is 5.91 Å². The first-order valence-electron chi connectivity index (χ1n) is 8.15. The van der Waals surface area contributed by atoms with Crippen molar-refractivity contribution in [2.24, 2.45) is 0 Å². The summed E-state index contributed by atoms with van der Waals surface area (Å²) in [4.78, 5) is 25.6. The number of sulfonamides is 1. The van der Waals surface area contributed by atoms with Crippen LogP contribution in [-0.2, 0) is 14.8 Å². The summed E-state index contributed by atoms with van der Waals surface area (Å²) in [5.74, 6) is -0.494. The van der Waals surface area contributed by atoms with Crippen molar-refractivity contribution in [3.63, 3.8) is 0 Å². The van der Waals surface area contributed by atoms with Crippen LogP contribution < -0.4 is 15.4 Å². The third-order valence-electron chi connectivity index (χ3n) is 4.04. The number of hydrogen-bond donors (Lipinski definition) is 3. The van der Waals surface area contributed by atoms with Gasteiger partial charge in [-0.2, -0.15) is 4.72 Å². The second-order valence-electron chi connectivity index (χ2n) is 5.96. The van der Waals surface area contributed by atoms with Crippen molar-refractivity contribution in [3.05, 3.63) is 29.8 Å². The molecule has 25 heavy (non-hydrogen) atoms. The van der Waals surface area contributed by atoms with Gasteiger partial charge in [-0.15, -0.1) is 0 Å². The highest BCUT2D eigenvalue weighted by molar-refractivity contribution is 7.89. The lowest BCUT2D eigenvalue weighted by atomic mass is 10.1. The van der Waals surface area contributed by atoms with Gasteiger partial charge in [0.15, 0.2) is 0 Å². The Hall–Kier alpha value is -1.97. The van der Waals surface area contributed by atoms with E-state index in [0.717, 1.165) is 6.42 Å². The first-order valence-corrected chi connectivity index (χ1v) is 9.63. The fourth-order valence-electron chi connectivity index (χ4n) is 2.52.